The summed E-state index contributed by atoms with van der Waals surface area (Å²) in [5.41, 5.74) is 2.72. The molecule has 1 fully saturated rings. The van der Waals surface area contributed by atoms with E-state index in [9.17, 15) is 4.79 Å². The van der Waals surface area contributed by atoms with E-state index in [4.69, 9.17) is 0 Å². The lowest BCUT2D eigenvalue weighted by molar-refractivity contribution is -0.122. The van der Waals surface area contributed by atoms with Crippen molar-refractivity contribution in [3.05, 3.63) is 35.4 Å². The number of nitrogens with one attached hydrogen (secondary N) is 1. The Hall–Kier alpha value is -1.31. The van der Waals surface area contributed by atoms with E-state index in [2.05, 4.69) is 36.5 Å². The molecule has 0 saturated heterocycles. The molecule has 16 heavy (non-hydrogen) atoms. The first-order valence-electron chi connectivity index (χ1n) is 5.94. The lowest BCUT2D eigenvalue weighted by Crippen LogP contribution is -2.39. The zero-order valence-electron chi connectivity index (χ0n) is 10.0. The van der Waals surface area contributed by atoms with Gasteiger partial charge in [-0.1, -0.05) is 36.2 Å². The zero-order valence-corrected chi connectivity index (χ0v) is 10.0. The summed E-state index contributed by atoms with van der Waals surface area (Å²) in [6.45, 7) is 2.09. The Kier molecular flexibility index (Phi) is 2.99. The predicted octanol–water partition coefficient (Wildman–Crippen LogP) is 2.55. The third-order valence-electron chi connectivity index (χ3n) is 3.75. The standard InChI is InChI=1S/C14H19NO/c1-11-4-6-12(7-5-11)14(8-3-9-14)10-13(16)15-2/h4-7H,3,8-10H2,1-2H3,(H,15,16). The van der Waals surface area contributed by atoms with Crippen LogP contribution in [0.1, 0.15) is 36.8 Å². The van der Waals surface area contributed by atoms with Gasteiger partial charge in [0.05, 0.1) is 0 Å². The molecule has 0 heterocycles. The summed E-state index contributed by atoms with van der Waals surface area (Å²) in [7, 11) is 1.71. The number of hydrogen-bond donors (Lipinski definition) is 1. The van der Waals surface area contributed by atoms with E-state index >= 15 is 0 Å². The van der Waals surface area contributed by atoms with Crippen molar-refractivity contribution in [2.24, 2.45) is 0 Å². The third kappa shape index (κ3) is 1.97. The summed E-state index contributed by atoms with van der Waals surface area (Å²) in [6.07, 6.45) is 4.16. The molecule has 1 aromatic rings. The normalized spacial score (nSPS) is 17.6. The second-order valence-electron chi connectivity index (χ2n) is 4.85. The maximum Gasteiger partial charge on any atom is 0.220 e. The minimum absolute atomic E-state index is 0.119. The lowest BCUT2D eigenvalue weighted by atomic mass is 9.62. The van der Waals surface area contributed by atoms with Crippen LogP contribution in [0.4, 0.5) is 0 Å². The minimum Gasteiger partial charge on any atom is -0.359 e. The maximum atomic E-state index is 11.5. The van der Waals surface area contributed by atoms with Gasteiger partial charge < -0.3 is 5.32 Å². The maximum absolute atomic E-state index is 11.5. The summed E-state index contributed by atoms with van der Waals surface area (Å²) in [4.78, 5) is 11.5. The van der Waals surface area contributed by atoms with Crippen LogP contribution in [-0.4, -0.2) is 13.0 Å². The molecule has 2 heteroatoms. The molecule has 1 saturated carbocycles. The van der Waals surface area contributed by atoms with Crippen molar-refractivity contribution < 1.29 is 4.79 Å². The molecule has 0 spiro atoms. The number of hydrogen-bond acceptors (Lipinski definition) is 1. The van der Waals surface area contributed by atoms with Crippen molar-refractivity contribution in [1.82, 2.24) is 5.32 Å². The van der Waals surface area contributed by atoms with Crippen LogP contribution in [0.25, 0.3) is 0 Å². The fourth-order valence-electron chi connectivity index (χ4n) is 2.47. The van der Waals surface area contributed by atoms with Crippen LogP contribution >= 0.6 is 0 Å². The van der Waals surface area contributed by atoms with E-state index in [0.717, 1.165) is 12.8 Å². The first kappa shape index (κ1) is 11.2. The average molecular weight is 217 g/mol. The van der Waals surface area contributed by atoms with Gasteiger partial charge in [0.25, 0.3) is 0 Å². The summed E-state index contributed by atoms with van der Waals surface area (Å²) < 4.78 is 0. The molecular formula is C14H19NO. The Balaban J connectivity index is 2.21. The van der Waals surface area contributed by atoms with Crippen LogP contribution in [0.3, 0.4) is 0 Å². The largest absolute Gasteiger partial charge is 0.359 e. The van der Waals surface area contributed by atoms with Crippen LogP contribution < -0.4 is 5.32 Å². The fourth-order valence-corrected chi connectivity index (χ4v) is 2.47. The second kappa shape index (κ2) is 4.28. The van der Waals surface area contributed by atoms with Gasteiger partial charge in [0.15, 0.2) is 0 Å². The van der Waals surface area contributed by atoms with E-state index < -0.39 is 0 Å². The predicted molar refractivity (Wildman–Crippen MR) is 65.4 cm³/mol. The van der Waals surface area contributed by atoms with E-state index in [-0.39, 0.29) is 11.3 Å². The lowest BCUT2D eigenvalue weighted by Gasteiger charge is -2.42. The first-order chi connectivity index (χ1) is 7.66. The van der Waals surface area contributed by atoms with Gasteiger partial charge in [0.1, 0.15) is 0 Å². The Morgan fingerprint density at radius 1 is 1.31 bits per heavy atom. The van der Waals surface area contributed by atoms with Crippen molar-refractivity contribution in [2.45, 2.75) is 38.0 Å². The molecule has 1 amide bonds. The summed E-state index contributed by atoms with van der Waals surface area (Å²) in [5, 5.41) is 2.73. The Morgan fingerprint density at radius 2 is 1.94 bits per heavy atom. The molecule has 0 aromatic heterocycles. The summed E-state index contributed by atoms with van der Waals surface area (Å²) in [5.74, 6) is 0.153. The van der Waals surface area contributed by atoms with Gasteiger partial charge >= 0.3 is 0 Å². The first-order valence-corrected chi connectivity index (χ1v) is 5.94. The highest BCUT2D eigenvalue weighted by atomic mass is 16.1. The van der Waals surface area contributed by atoms with Crippen molar-refractivity contribution in [3.63, 3.8) is 0 Å². The summed E-state index contributed by atoms with van der Waals surface area (Å²) >= 11 is 0. The number of rotatable bonds is 3. The molecule has 1 aromatic carbocycles. The smallest absolute Gasteiger partial charge is 0.220 e. The number of carbonyl (C=O) groups is 1. The van der Waals surface area contributed by atoms with Crippen LogP contribution in [0.2, 0.25) is 0 Å². The van der Waals surface area contributed by atoms with Gasteiger partial charge in [-0.15, -0.1) is 0 Å². The number of amides is 1. The number of aryl methyl sites for hydroxylation is 1. The van der Waals surface area contributed by atoms with Crippen molar-refractivity contribution >= 4 is 5.91 Å². The molecule has 2 nitrogen and oxygen atoms in total. The van der Waals surface area contributed by atoms with Gasteiger partial charge in [-0.3, -0.25) is 4.79 Å². The van der Waals surface area contributed by atoms with Crippen LogP contribution in [0, 0.1) is 6.92 Å². The van der Waals surface area contributed by atoms with Crippen LogP contribution in [-0.2, 0) is 10.2 Å². The van der Waals surface area contributed by atoms with E-state index in [1.165, 1.54) is 17.5 Å². The number of benzene rings is 1. The Labute approximate surface area is 97.1 Å². The monoisotopic (exact) mass is 217 g/mol. The van der Waals surface area contributed by atoms with Gasteiger partial charge in [-0.2, -0.15) is 0 Å². The fraction of sp³-hybridized carbons (Fsp3) is 0.500. The van der Waals surface area contributed by atoms with Crippen molar-refractivity contribution in [2.75, 3.05) is 7.05 Å². The summed E-state index contributed by atoms with van der Waals surface area (Å²) in [6, 6.07) is 8.63. The molecule has 0 unspecified atom stereocenters. The molecule has 1 aliphatic carbocycles. The van der Waals surface area contributed by atoms with Crippen LogP contribution in [0.15, 0.2) is 24.3 Å². The highest BCUT2D eigenvalue weighted by Crippen LogP contribution is 2.46. The molecule has 2 rings (SSSR count). The minimum atomic E-state index is 0.119. The molecular weight excluding hydrogens is 198 g/mol. The third-order valence-corrected chi connectivity index (χ3v) is 3.75. The molecule has 1 aliphatic rings. The SMILES string of the molecule is CNC(=O)CC1(c2ccc(C)cc2)CCC1. The molecule has 0 atom stereocenters. The molecule has 1 N–H and O–H groups in total. The topological polar surface area (TPSA) is 29.1 Å². The van der Waals surface area contributed by atoms with E-state index in [0.29, 0.717) is 6.42 Å². The molecule has 0 aliphatic heterocycles. The molecule has 86 valence electrons. The van der Waals surface area contributed by atoms with Crippen molar-refractivity contribution in [1.29, 1.82) is 0 Å². The molecule has 0 bridgehead atoms. The highest BCUT2D eigenvalue weighted by molar-refractivity contribution is 5.77. The average Bonchev–Trinajstić information content (AvgIpc) is 2.24. The van der Waals surface area contributed by atoms with Gasteiger partial charge in [0.2, 0.25) is 5.91 Å². The van der Waals surface area contributed by atoms with Crippen LogP contribution in [0.5, 0.6) is 0 Å². The van der Waals surface area contributed by atoms with E-state index in [1.807, 2.05) is 0 Å². The van der Waals surface area contributed by atoms with Gasteiger partial charge in [0, 0.05) is 18.9 Å². The van der Waals surface area contributed by atoms with Gasteiger partial charge in [-0.05, 0) is 25.3 Å². The second-order valence-corrected chi connectivity index (χ2v) is 4.85. The Morgan fingerprint density at radius 3 is 2.38 bits per heavy atom. The quantitative estimate of drug-likeness (QED) is 0.828. The number of carbonyl (C=O) groups excluding carboxylic acids is 1. The van der Waals surface area contributed by atoms with Crippen molar-refractivity contribution in [3.8, 4) is 0 Å². The molecule has 0 radical (unpaired) electrons. The highest BCUT2D eigenvalue weighted by Gasteiger charge is 2.40. The van der Waals surface area contributed by atoms with E-state index in [1.54, 1.807) is 7.05 Å². The van der Waals surface area contributed by atoms with Gasteiger partial charge in [-0.25, -0.2) is 0 Å². The zero-order chi connectivity index (χ0) is 11.6. The Bertz CT molecular complexity index is 376.